The molecule has 0 unspecified atom stereocenters. The molecule has 0 fully saturated rings. The fraction of sp³-hybridized carbons (Fsp3) is 0.118. The van der Waals surface area contributed by atoms with E-state index in [0.717, 1.165) is 27.5 Å². The van der Waals surface area contributed by atoms with Gasteiger partial charge in [-0.2, -0.15) is 0 Å². The van der Waals surface area contributed by atoms with Crippen LogP contribution in [0.3, 0.4) is 0 Å². The number of nitrogens with zero attached hydrogens (tertiary/aromatic N) is 1. The minimum atomic E-state index is -1.51. The number of benzene rings is 5. The van der Waals surface area contributed by atoms with Crippen LogP contribution in [0.4, 0.5) is 0 Å². The van der Waals surface area contributed by atoms with Crippen LogP contribution in [0.15, 0.2) is 103 Å². The number of hydrogen-bond acceptors (Lipinski definition) is 2. The van der Waals surface area contributed by atoms with Crippen molar-refractivity contribution in [2.24, 2.45) is 0 Å². The summed E-state index contributed by atoms with van der Waals surface area (Å²) in [4.78, 5) is 0. The van der Waals surface area contributed by atoms with E-state index in [2.05, 4.69) is 110 Å². The number of aromatic nitrogens is 1. The number of rotatable bonds is 3. The molecule has 0 radical (unpaired) electrons. The molecule has 0 atom stereocenters. The Morgan fingerprint density at radius 2 is 1.34 bits per heavy atom. The highest BCUT2D eigenvalue weighted by Gasteiger charge is 2.36. The molecular weight excluding hydrogens is 465 g/mol. The first-order valence-corrected chi connectivity index (χ1v) is 13.1. The van der Waals surface area contributed by atoms with Crippen LogP contribution in [0, 0.1) is 6.92 Å². The molecule has 7 rings (SSSR count). The highest BCUT2D eigenvalue weighted by atomic mass is 16.4. The molecule has 2 N–H and O–H groups in total. The molecule has 0 bridgehead atoms. The molecule has 1 aliphatic carbocycles. The quantitative estimate of drug-likeness (QED) is 0.268. The highest BCUT2D eigenvalue weighted by Crippen LogP contribution is 2.51. The van der Waals surface area contributed by atoms with Crippen molar-refractivity contribution in [3.63, 3.8) is 0 Å². The fourth-order valence-electron chi connectivity index (χ4n) is 6.21. The van der Waals surface area contributed by atoms with E-state index in [1.807, 2.05) is 12.1 Å². The van der Waals surface area contributed by atoms with Crippen LogP contribution >= 0.6 is 0 Å². The lowest BCUT2D eigenvalue weighted by molar-refractivity contribution is 0.426. The first-order valence-electron chi connectivity index (χ1n) is 13.1. The summed E-state index contributed by atoms with van der Waals surface area (Å²) in [6, 6.07) is 36.3. The van der Waals surface area contributed by atoms with Crippen LogP contribution in [0.5, 0.6) is 0 Å². The molecule has 184 valence electrons. The van der Waals surface area contributed by atoms with Crippen LogP contribution in [0.1, 0.15) is 30.5 Å². The van der Waals surface area contributed by atoms with Crippen molar-refractivity contribution in [1.82, 2.24) is 4.57 Å². The monoisotopic (exact) mass is 493 g/mol. The fourth-order valence-corrected chi connectivity index (χ4v) is 6.21. The molecule has 1 aliphatic rings. The maximum Gasteiger partial charge on any atom is 0.488 e. The van der Waals surface area contributed by atoms with Gasteiger partial charge >= 0.3 is 7.12 Å². The standard InChI is InChI=1S/C34H28BNO2/c1-21-9-13-25(14-10-21)36-32-16-12-24(35(37)38)18-28(32)29-19-31-27(20-33(29)36)26-15-11-23(17-30(26)34(31,2)3)22-7-5-4-6-8-22/h4-20,37-38H,1-3H3. The topological polar surface area (TPSA) is 45.4 Å². The predicted molar refractivity (Wildman–Crippen MR) is 158 cm³/mol. The Morgan fingerprint density at radius 1 is 0.632 bits per heavy atom. The van der Waals surface area contributed by atoms with Gasteiger partial charge in [0.05, 0.1) is 11.0 Å². The van der Waals surface area contributed by atoms with Crippen molar-refractivity contribution in [2.75, 3.05) is 0 Å². The summed E-state index contributed by atoms with van der Waals surface area (Å²) in [6.07, 6.45) is 0. The number of fused-ring (bicyclic) bond motifs is 6. The molecule has 0 aliphatic heterocycles. The molecule has 0 saturated carbocycles. The second-order valence-corrected chi connectivity index (χ2v) is 11.0. The third-order valence-corrected chi connectivity index (χ3v) is 8.28. The van der Waals surface area contributed by atoms with Gasteiger partial charge in [-0.1, -0.05) is 86.1 Å². The lowest BCUT2D eigenvalue weighted by atomic mass is 9.79. The summed E-state index contributed by atoms with van der Waals surface area (Å²) in [6.45, 7) is 6.71. The third kappa shape index (κ3) is 3.31. The van der Waals surface area contributed by atoms with Crippen LogP contribution in [-0.4, -0.2) is 21.7 Å². The summed E-state index contributed by atoms with van der Waals surface area (Å²) in [5.41, 5.74) is 12.4. The average Bonchev–Trinajstić information content (AvgIpc) is 3.36. The molecule has 0 spiro atoms. The Bertz CT molecular complexity index is 1870. The van der Waals surface area contributed by atoms with Gasteiger partial charge in [0.25, 0.3) is 0 Å². The smallest absolute Gasteiger partial charge is 0.423 e. The molecule has 0 saturated heterocycles. The van der Waals surface area contributed by atoms with Crippen molar-refractivity contribution < 1.29 is 10.0 Å². The van der Waals surface area contributed by atoms with E-state index in [1.165, 1.54) is 38.9 Å². The first-order chi connectivity index (χ1) is 18.3. The summed E-state index contributed by atoms with van der Waals surface area (Å²) in [5.74, 6) is 0. The van der Waals surface area contributed by atoms with Gasteiger partial charge in [0.15, 0.2) is 0 Å². The summed E-state index contributed by atoms with van der Waals surface area (Å²) in [7, 11) is -1.51. The van der Waals surface area contributed by atoms with E-state index >= 15 is 0 Å². The van der Waals surface area contributed by atoms with Crippen molar-refractivity contribution in [3.05, 3.63) is 120 Å². The van der Waals surface area contributed by atoms with Gasteiger partial charge in [0.2, 0.25) is 0 Å². The Hall–Kier alpha value is -4.12. The molecule has 1 heterocycles. The van der Waals surface area contributed by atoms with Gasteiger partial charge in [-0.05, 0) is 82.2 Å². The van der Waals surface area contributed by atoms with E-state index in [4.69, 9.17) is 0 Å². The molecule has 6 aromatic rings. The minimum Gasteiger partial charge on any atom is -0.423 e. The van der Waals surface area contributed by atoms with E-state index < -0.39 is 7.12 Å². The lowest BCUT2D eigenvalue weighted by Gasteiger charge is -2.22. The Labute approximate surface area is 222 Å². The molecule has 3 nitrogen and oxygen atoms in total. The van der Waals surface area contributed by atoms with Crippen LogP contribution in [0.25, 0.3) is 49.7 Å². The second kappa shape index (κ2) is 8.19. The maximum atomic E-state index is 9.93. The third-order valence-electron chi connectivity index (χ3n) is 8.28. The van der Waals surface area contributed by atoms with Crippen molar-refractivity contribution in [3.8, 4) is 27.9 Å². The molecular formula is C34H28BNO2. The second-order valence-electron chi connectivity index (χ2n) is 11.0. The Morgan fingerprint density at radius 3 is 2.08 bits per heavy atom. The predicted octanol–water partition coefficient (Wildman–Crippen LogP) is 6.75. The van der Waals surface area contributed by atoms with E-state index in [1.54, 1.807) is 6.07 Å². The zero-order valence-electron chi connectivity index (χ0n) is 21.7. The highest BCUT2D eigenvalue weighted by molar-refractivity contribution is 6.59. The molecule has 5 aromatic carbocycles. The molecule has 1 aromatic heterocycles. The lowest BCUT2D eigenvalue weighted by Crippen LogP contribution is -2.29. The summed E-state index contributed by atoms with van der Waals surface area (Å²) >= 11 is 0. The molecule has 4 heteroatoms. The number of hydrogen-bond donors (Lipinski definition) is 2. The van der Waals surface area contributed by atoms with Crippen molar-refractivity contribution in [2.45, 2.75) is 26.2 Å². The van der Waals surface area contributed by atoms with Crippen LogP contribution in [-0.2, 0) is 5.41 Å². The van der Waals surface area contributed by atoms with Crippen molar-refractivity contribution >= 4 is 34.4 Å². The zero-order chi connectivity index (χ0) is 26.2. The first kappa shape index (κ1) is 23.0. The molecule has 0 amide bonds. The molecule has 38 heavy (non-hydrogen) atoms. The van der Waals surface area contributed by atoms with E-state index in [-0.39, 0.29) is 5.41 Å². The van der Waals surface area contributed by atoms with Crippen molar-refractivity contribution in [1.29, 1.82) is 0 Å². The van der Waals surface area contributed by atoms with Gasteiger partial charge in [-0.15, -0.1) is 0 Å². The number of aryl methyl sites for hydroxylation is 1. The van der Waals surface area contributed by atoms with E-state index in [9.17, 15) is 10.0 Å². The minimum absolute atomic E-state index is 0.171. The van der Waals surface area contributed by atoms with Crippen LogP contribution < -0.4 is 5.46 Å². The van der Waals surface area contributed by atoms with E-state index in [0.29, 0.717) is 5.46 Å². The SMILES string of the molecule is Cc1ccc(-n2c3ccc(B(O)O)cc3c3cc4c(cc32)-c2ccc(-c3ccccc3)cc2C4(C)C)cc1. The maximum absolute atomic E-state index is 9.93. The van der Waals surface area contributed by atoms with Gasteiger partial charge in [-0.25, -0.2) is 0 Å². The average molecular weight is 493 g/mol. The van der Waals surface area contributed by atoms with Gasteiger partial charge < -0.3 is 14.6 Å². The van der Waals surface area contributed by atoms with Gasteiger partial charge in [-0.3, -0.25) is 0 Å². The zero-order valence-corrected chi connectivity index (χ0v) is 21.7. The Kier molecular flexibility index (Phi) is 4.97. The Balaban J connectivity index is 1.53. The van der Waals surface area contributed by atoms with Gasteiger partial charge in [0.1, 0.15) is 0 Å². The summed E-state index contributed by atoms with van der Waals surface area (Å²) in [5, 5.41) is 22.0. The van der Waals surface area contributed by atoms with Gasteiger partial charge in [0, 0.05) is 21.9 Å². The summed E-state index contributed by atoms with van der Waals surface area (Å²) < 4.78 is 2.29. The van der Waals surface area contributed by atoms with Crippen LogP contribution in [0.2, 0.25) is 0 Å². The normalized spacial score (nSPS) is 13.6. The largest absolute Gasteiger partial charge is 0.488 e.